The van der Waals surface area contributed by atoms with Gasteiger partial charge in [-0.1, -0.05) is 29.8 Å². The molecule has 0 saturated heterocycles. The van der Waals surface area contributed by atoms with Crippen LogP contribution in [0.3, 0.4) is 0 Å². The summed E-state index contributed by atoms with van der Waals surface area (Å²) in [5.41, 5.74) is 1.05. The SMILES string of the molecule is CC(=O)CCc1ccccc1Cl.[Cl-].[Cl-].[Mg+2]. The Kier molecular flexibility index (Phi) is 15.3. The first-order valence-electron chi connectivity index (χ1n) is 3.93. The van der Waals surface area contributed by atoms with Crippen molar-refractivity contribution in [3.8, 4) is 0 Å². The van der Waals surface area contributed by atoms with Crippen molar-refractivity contribution in [1.82, 2.24) is 0 Å². The van der Waals surface area contributed by atoms with Crippen LogP contribution >= 0.6 is 11.6 Å². The average Bonchev–Trinajstić information content (AvgIpc) is 2.03. The molecule has 0 N–H and O–H groups in total. The van der Waals surface area contributed by atoms with Gasteiger partial charge in [0.2, 0.25) is 0 Å². The molecule has 0 radical (unpaired) electrons. The molecule has 5 heteroatoms. The van der Waals surface area contributed by atoms with Gasteiger partial charge in [-0.25, -0.2) is 0 Å². The van der Waals surface area contributed by atoms with Crippen LogP contribution < -0.4 is 24.8 Å². The van der Waals surface area contributed by atoms with Crippen molar-refractivity contribution in [3.05, 3.63) is 34.9 Å². The summed E-state index contributed by atoms with van der Waals surface area (Å²) in [6.07, 6.45) is 1.32. The third-order valence-electron chi connectivity index (χ3n) is 1.70. The second kappa shape index (κ2) is 11.0. The van der Waals surface area contributed by atoms with Crippen molar-refractivity contribution in [2.75, 3.05) is 0 Å². The van der Waals surface area contributed by atoms with Crippen LogP contribution in [0.2, 0.25) is 5.02 Å². The van der Waals surface area contributed by atoms with Gasteiger partial charge in [0.1, 0.15) is 5.78 Å². The summed E-state index contributed by atoms with van der Waals surface area (Å²) in [5, 5.41) is 0.749. The first-order chi connectivity index (χ1) is 5.70. The summed E-state index contributed by atoms with van der Waals surface area (Å²) in [4.78, 5) is 10.7. The zero-order valence-corrected chi connectivity index (χ0v) is 12.2. The number of carbonyl (C=O) groups excluding carboxylic acids is 1. The van der Waals surface area contributed by atoms with Crippen molar-refractivity contribution in [3.63, 3.8) is 0 Å². The number of hydrogen-bond acceptors (Lipinski definition) is 1. The van der Waals surface area contributed by atoms with E-state index in [4.69, 9.17) is 11.6 Å². The molecule has 0 unspecified atom stereocenters. The minimum atomic E-state index is 0. The molecular formula is C10H11Cl3MgO. The van der Waals surface area contributed by atoms with Gasteiger partial charge in [-0.05, 0) is 25.0 Å². The van der Waals surface area contributed by atoms with Crippen LogP contribution in [0.1, 0.15) is 18.9 Å². The largest absolute Gasteiger partial charge is 2.00 e. The molecule has 0 saturated carbocycles. The first kappa shape index (κ1) is 20.9. The van der Waals surface area contributed by atoms with Gasteiger partial charge in [-0.3, -0.25) is 0 Å². The summed E-state index contributed by atoms with van der Waals surface area (Å²) >= 11 is 5.90. The fourth-order valence-corrected chi connectivity index (χ4v) is 1.24. The van der Waals surface area contributed by atoms with Crippen LogP contribution in [0.15, 0.2) is 24.3 Å². The predicted octanol–water partition coefficient (Wildman–Crippen LogP) is -3.51. The number of Topliss-reactive ketones (excluding diaryl/α,β-unsaturated/α-hetero) is 1. The molecule has 15 heavy (non-hydrogen) atoms. The van der Waals surface area contributed by atoms with Gasteiger partial charge in [0.15, 0.2) is 0 Å². The Labute approximate surface area is 124 Å². The van der Waals surface area contributed by atoms with Crippen molar-refractivity contribution in [2.45, 2.75) is 19.8 Å². The Morgan fingerprint density at radius 1 is 1.27 bits per heavy atom. The van der Waals surface area contributed by atoms with Gasteiger partial charge >= 0.3 is 23.1 Å². The molecule has 1 aromatic rings. The van der Waals surface area contributed by atoms with E-state index in [2.05, 4.69) is 0 Å². The Bertz CT molecular complexity index is 292. The molecule has 0 spiro atoms. The number of hydrogen-bond donors (Lipinski definition) is 0. The number of aryl methyl sites for hydroxylation is 1. The van der Waals surface area contributed by atoms with Crippen LogP contribution in [-0.2, 0) is 11.2 Å². The van der Waals surface area contributed by atoms with Crippen molar-refractivity contribution < 1.29 is 29.6 Å². The third-order valence-corrected chi connectivity index (χ3v) is 2.07. The van der Waals surface area contributed by atoms with Crippen molar-refractivity contribution in [2.24, 2.45) is 0 Å². The second-order valence-corrected chi connectivity index (χ2v) is 3.20. The van der Waals surface area contributed by atoms with E-state index in [-0.39, 0.29) is 53.7 Å². The molecule has 0 aliphatic carbocycles. The average molecular weight is 278 g/mol. The van der Waals surface area contributed by atoms with Crippen LogP contribution in [0.5, 0.6) is 0 Å². The molecular weight excluding hydrogens is 267 g/mol. The Morgan fingerprint density at radius 2 is 1.80 bits per heavy atom. The molecule has 0 aromatic heterocycles. The normalized spacial score (nSPS) is 7.87. The predicted molar refractivity (Wildman–Crippen MR) is 56.2 cm³/mol. The molecule has 0 aliphatic heterocycles. The molecule has 0 bridgehead atoms. The zero-order chi connectivity index (χ0) is 8.97. The van der Waals surface area contributed by atoms with Gasteiger partial charge < -0.3 is 29.6 Å². The van der Waals surface area contributed by atoms with Gasteiger partial charge in [-0.15, -0.1) is 0 Å². The Morgan fingerprint density at radius 3 is 2.27 bits per heavy atom. The van der Waals surface area contributed by atoms with E-state index < -0.39 is 0 Å². The van der Waals surface area contributed by atoms with E-state index >= 15 is 0 Å². The topological polar surface area (TPSA) is 17.1 Å². The Balaban J connectivity index is -0.000000480. The van der Waals surface area contributed by atoms with Crippen LogP contribution in [0.25, 0.3) is 0 Å². The molecule has 0 atom stereocenters. The summed E-state index contributed by atoms with van der Waals surface area (Å²) < 4.78 is 0. The summed E-state index contributed by atoms with van der Waals surface area (Å²) in [5.74, 6) is 0.204. The van der Waals surface area contributed by atoms with Crippen molar-refractivity contribution in [1.29, 1.82) is 0 Å². The molecule has 0 amide bonds. The molecule has 1 aromatic carbocycles. The Hall–Kier alpha value is 0.526. The van der Waals surface area contributed by atoms with Gasteiger partial charge in [0.05, 0.1) is 0 Å². The maximum atomic E-state index is 10.7. The van der Waals surface area contributed by atoms with Gasteiger partial charge in [-0.2, -0.15) is 0 Å². The summed E-state index contributed by atoms with van der Waals surface area (Å²) in [6, 6.07) is 7.61. The van der Waals surface area contributed by atoms with E-state index in [1.54, 1.807) is 6.92 Å². The van der Waals surface area contributed by atoms with Gasteiger partial charge in [0, 0.05) is 11.4 Å². The van der Waals surface area contributed by atoms with E-state index in [1.807, 2.05) is 24.3 Å². The van der Waals surface area contributed by atoms with Crippen LogP contribution in [-0.4, -0.2) is 28.8 Å². The van der Waals surface area contributed by atoms with E-state index in [9.17, 15) is 4.79 Å². The minimum absolute atomic E-state index is 0. The number of ketones is 1. The smallest absolute Gasteiger partial charge is 1.00 e. The number of carbonyl (C=O) groups is 1. The van der Waals surface area contributed by atoms with Crippen LogP contribution in [0, 0.1) is 0 Å². The standard InChI is InChI=1S/C10H11ClO.2ClH.Mg/c1-8(12)6-7-9-4-2-3-5-10(9)11;;;/h2-5H,6-7H2,1H3;2*1H;/q;;;+2/p-2. The third kappa shape index (κ3) is 8.35. The number of rotatable bonds is 3. The fraction of sp³-hybridized carbons (Fsp3) is 0.300. The summed E-state index contributed by atoms with van der Waals surface area (Å²) in [6.45, 7) is 1.59. The fourth-order valence-electron chi connectivity index (χ4n) is 1.01. The molecule has 0 fully saturated rings. The summed E-state index contributed by atoms with van der Waals surface area (Å²) in [7, 11) is 0. The maximum absolute atomic E-state index is 10.7. The molecule has 1 rings (SSSR count). The quantitative estimate of drug-likeness (QED) is 0.524. The maximum Gasteiger partial charge on any atom is 2.00 e. The van der Waals surface area contributed by atoms with Crippen molar-refractivity contribution >= 4 is 40.4 Å². The molecule has 80 valence electrons. The monoisotopic (exact) mass is 276 g/mol. The number of halogens is 3. The second-order valence-electron chi connectivity index (χ2n) is 2.79. The van der Waals surface area contributed by atoms with Gasteiger partial charge in [0.25, 0.3) is 0 Å². The van der Waals surface area contributed by atoms with E-state index in [1.165, 1.54) is 0 Å². The first-order valence-corrected chi connectivity index (χ1v) is 4.31. The van der Waals surface area contributed by atoms with Crippen LogP contribution in [0.4, 0.5) is 0 Å². The molecule has 0 heterocycles. The molecule has 0 aliphatic rings. The number of benzene rings is 1. The minimum Gasteiger partial charge on any atom is -1.00 e. The molecule has 1 nitrogen and oxygen atoms in total. The zero-order valence-electron chi connectivity index (χ0n) is 8.47. The van der Waals surface area contributed by atoms with E-state index in [0.717, 1.165) is 17.0 Å². The van der Waals surface area contributed by atoms with E-state index in [0.29, 0.717) is 6.42 Å².